The highest BCUT2D eigenvalue weighted by Crippen LogP contribution is 2.05. The first-order chi connectivity index (χ1) is 6.36. The zero-order chi connectivity index (χ0) is 9.10. The summed E-state index contributed by atoms with van der Waals surface area (Å²) < 4.78 is 6.83. The summed E-state index contributed by atoms with van der Waals surface area (Å²) in [6, 6.07) is 3.77. The van der Waals surface area contributed by atoms with Gasteiger partial charge in [0.1, 0.15) is 11.6 Å². The second-order valence-electron chi connectivity index (χ2n) is 2.68. The van der Waals surface area contributed by atoms with Crippen LogP contribution in [0.1, 0.15) is 5.76 Å². The summed E-state index contributed by atoms with van der Waals surface area (Å²) in [5, 5.41) is 10.7. The van der Waals surface area contributed by atoms with Gasteiger partial charge in [0.15, 0.2) is 0 Å². The minimum atomic E-state index is 0.647. The quantitative estimate of drug-likeness (QED) is 0.762. The van der Waals surface area contributed by atoms with Crippen molar-refractivity contribution in [2.75, 3.05) is 5.32 Å². The number of hydrogen-bond donors (Lipinski definition) is 1. The standard InChI is InChI=1S/C8H10N4O/c1-12-8(6-10-11-12)9-5-7-3-2-4-13-7/h2-4,6,9H,5H2,1H3. The average molecular weight is 178 g/mol. The van der Waals surface area contributed by atoms with Gasteiger partial charge >= 0.3 is 0 Å². The molecule has 0 saturated carbocycles. The van der Waals surface area contributed by atoms with E-state index in [1.807, 2.05) is 19.2 Å². The molecule has 1 N–H and O–H groups in total. The van der Waals surface area contributed by atoms with Crippen LogP contribution in [0.5, 0.6) is 0 Å². The summed E-state index contributed by atoms with van der Waals surface area (Å²) in [4.78, 5) is 0. The molecular formula is C8H10N4O. The summed E-state index contributed by atoms with van der Waals surface area (Å²) in [5.41, 5.74) is 0. The number of nitrogens with zero attached hydrogens (tertiary/aromatic N) is 3. The van der Waals surface area contributed by atoms with Crippen LogP contribution in [0.2, 0.25) is 0 Å². The summed E-state index contributed by atoms with van der Waals surface area (Å²) >= 11 is 0. The molecule has 2 heterocycles. The molecule has 0 aliphatic heterocycles. The van der Waals surface area contributed by atoms with Gasteiger partial charge in [-0.25, -0.2) is 4.68 Å². The van der Waals surface area contributed by atoms with Crippen LogP contribution in [0, 0.1) is 0 Å². The fourth-order valence-electron chi connectivity index (χ4n) is 1.04. The monoisotopic (exact) mass is 178 g/mol. The van der Waals surface area contributed by atoms with Crippen molar-refractivity contribution in [1.82, 2.24) is 15.0 Å². The zero-order valence-corrected chi connectivity index (χ0v) is 7.27. The number of aryl methyl sites for hydroxylation is 1. The molecule has 0 atom stereocenters. The second-order valence-corrected chi connectivity index (χ2v) is 2.68. The fraction of sp³-hybridized carbons (Fsp3) is 0.250. The van der Waals surface area contributed by atoms with E-state index in [4.69, 9.17) is 4.42 Å². The first-order valence-electron chi connectivity index (χ1n) is 3.97. The van der Waals surface area contributed by atoms with Crippen molar-refractivity contribution >= 4 is 5.82 Å². The smallest absolute Gasteiger partial charge is 0.144 e. The van der Waals surface area contributed by atoms with Gasteiger partial charge in [0.2, 0.25) is 0 Å². The number of nitrogens with one attached hydrogen (secondary N) is 1. The molecule has 0 saturated heterocycles. The van der Waals surface area contributed by atoms with Crippen LogP contribution < -0.4 is 5.32 Å². The average Bonchev–Trinajstić information content (AvgIpc) is 2.72. The molecule has 0 aromatic carbocycles. The van der Waals surface area contributed by atoms with E-state index in [1.165, 1.54) is 0 Å². The van der Waals surface area contributed by atoms with Gasteiger partial charge in [-0.3, -0.25) is 0 Å². The van der Waals surface area contributed by atoms with Crippen molar-refractivity contribution in [3.8, 4) is 0 Å². The fourth-order valence-corrected chi connectivity index (χ4v) is 1.04. The maximum atomic E-state index is 5.16. The topological polar surface area (TPSA) is 55.9 Å². The van der Waals surface area contributed by atoms with Gasteiger partial charge in [0.05, 0.1) is 19.0 Å². The van der Waals surface area contributed by atoms with Gasteiger partial charge in [-0.05, 0) is 12.1 Å². The minimum absolute atomic E-state index is 0.647. The summed E-state index contributed by atoms with van der Waals surface area (Å²) in [6.45, 7) is 0.647. The molecular weight excluding hydrogens is 168 g/mol. The maximum Gasteiger partial charge on any atom is 0.144 e. The molecule has 5 heteroatoms. The molecule has 0 fully saturated rings. The van der Waals surface area contributed by atoms with Gasteiger partial charge in [0.25, 0.3) is 0 Å². The molecule has 2 aromatic rings. The van der Waals surface area contributed by atoms with Crippen LogP contribution in [0.4, 0.5) is 5.82 Å². The Bertz CT molecular complexity index is 365. The van der Waals surface area contributed by atoms with Crippen molar-refractivity contribution in [1.29, 1.82) is 0 Å². The number of furan rings is 1. The van der Waals surface area contributed by atoms with Gasteiger partial charge < -0.3 is 9.73 Å². The van der Waals surface area contributed by atoms with Crippen LogP contribution >= 0.6 is 0 Å². The molecule has 0 radical (unpaired) electrons. The van der Waals surface area contributed by atoms with Crippen molar-refractivity contribution < 1.29 is 4.42 Å². The summed E-state index contributed by atoms with van der Waals surface area (Å²) in [5.74, 6) is 1.76. The molecule has 0 aliphatic rings. The predicted molar refractivity (Wildman–Crippen MR) is 47.0 cm³/mol. The van der Waals surface area contributed by atoms with Crippen molar-refractivity contribution in [2.45, 2.75) is 6.54 Å². The number of hydrogen-bond acceptors (Lipinski definition) is 4. The van der Waals surface area contributed by atoms with Crippen LogP contribution in [0.15, 0.2) is 29.0 Å². The lowest BCUT2D eigenvalue weighted by Crippen LogP contribution is -2.03. The lowest BCUT2D eigenvalue weighted by Gasteiger charge is -2.01. The van der Waals surface area contributed by atoms with Crippen LogP contribution in [0.3, 0.4) is 0 Å². The third kappa shape index (κ3) is 1.69. The Balaban J connectivity index is 1.97. The van der Waals surface area contributed by atoms with E-state index >= 15 is 0 Å². The largest absolute Gasteiger partial charge is 0.467 e. The highest BCUT2D eigenvalue weighted by molar-refractivity contribution is 5.30. The Labute approximate surface area is 75.4 Å². The van der Waals surface area contributed by atoms with Crippen LogP contribution in [0.25, 0.3) is 0 Å². The van der Waals surface area contributed by atoms with Gasteiger partial charge in [-0.15, -0.1) is 5.10 Å². The minimum Gasteiger partial charge on any atom is -0.467 e. The second kappa shape index (κ2) is 3.30. The molecule has 2 aromatic heterocycles. The molecule has 0 aliphatic carbocycles. The van der Waals surface area contributed by atoms with E-state index in [0.29, 0.717) is 6.54 Å². The van der Waals surface area contributed by atoms with Crippen molar-refractivity contribution in [3.63, 3.8) is 0 Å². The summed E-state index contributed by atoms with van der Waals surface area (Å²) in [7, 11) is 1.83. The van der Waals surface area contributed by atoms with Gasteiger partial charge in [0, 0.05) is 7.05 Å². The maximum absolute atomic E-state index is 5.16. The van der Waals surface area contributed by atoms with Crippen LogP contribution in [-0.2, 0) is 13.6 Å². The Morgan fingerprint density at radius 2 is 2.54 bits per heavy atom. The lowest BCUT2D eigenvalue weighted by atomic mass is 10.4. The Morgan fingerprint density at radius 1 is 1.62 bits per heavy atom. The van der Waals surface area contributed by atoms with Gasteiger partial charge in [-0.1, -0.05) is 5.21 Å². The van der Waals surface area contributed by atoms with Crippen molar-refractivity contribution in [2.24, 2.45) is 7.05 Å². The number of aromatic nitrogens is 3. The highest BCUT2D eigenvalue weighted by Gasteiger charge is 1.99. The molecule has 0 unspecified atom stereocenters. The Hall–Kier alpha value is -1.78. The third-order valence-electron chi connectivity index (χ3n) is 1.74. The first kappa shape index (κ1) is 7.85. The number of anilines is 1. The van der Waals surface area contributed by atoms with E-state index in [2.05, 4.69) is 15.6 Å². The molecule has 0 amide bonds. The predicted octanol–water partition coefficient (Wildman–Crippen LogP) is 1.02. The Kier molecular flexibility index (Phi) is 1.99. The van der Waals surface area contributed by atoms with Crippen molar-refractivity contribution in [3.05, 3.63) is 30.4 Å². The van der Waals surface area contributed by atoms with Gasteiger partial charge in [-0.2, -0.15) is 0 Å². The van der Waals surface area contributed by atoms with Crippen LogP contribution in [-0.4, -0.2) is 15.0 Å². The van der Waals surface area contributed by atoms with E-state index in [0.717, 1.165) is 11.6 Å². The molecule has 2 rings (SSSR count). The number of rotatable bonds is 3. The molecule has 0 bridgehead atoms. The zero-order valence-electron chi connectivity index (χ0n) is 7.27. The molecule has 5 nitrogen and oxygen atoms in total. The lowest BCUT2D eigenvalue weighted by molar-refractivity contribution is 0.517. The normalized spacial score (nSPS) is 10.2. The van der Waals surface area contributed by atoms with E-state index in [9.17, 15) is 0 Å². The Morgan fingerprint density at radius 3 is 3.15 bits per heavy atom. The molecule has 13 heavy (non-hydrogen) atoms. The van der Waals surface area contributed by atoms with E-state index < -0.39 is 0 Å². The van der Waals surface area contributed by atoms with E-state index in [1.54, 1.807) is 17.1 Å². The highest BCUT2D eigenvalue weighted by atomic mass is 16.3. The first-order valence-corrected chi connectivity index (χ1v) is 3.97. The SMILES string of the molecule is Cn1nncc1NCc1ccco1. The third-order valence-corrected chi connectivity index (χ3v) is 1.74. The molecule has 68 valence electrons. The molecule has 0 spiro atoms. The van der Waals surface area contributed by atoms with E-state index in [-0.39, 0.29) is 0 Å². The summed E-state index contributed by atoms with van der Waals surface area (Å²) in [6.07, 6.45) is 3.32.